The third kappa shape index (κ3) is 3.59. The number of nitrogens with two attached hydrogens (primary N) is 1. The molecule has 0 aliphatic rings. The molecule has 0 spiro atoms. The number of carbonyl (C=O) groups is 1. The molecule has 4 aromatic rings. The number of rotatable bonds is 4. The monoisotopic (exact) mass is 401 g/mol. The molecule has 1 heterocycles. The average Bonchev–Trinajstić information content (AvgIpc) is 3.12. The van der Waals surface area contributed by atoms with Crippen molar-refractivity contribution in [2.45, 2.75) is 20.8 Å². The lowest BCUT2D eigenvalue weighted by atomic mass is 10.1. The van der Waals surface area contributed by atoms with E-state index in [1.807, 2.05) is 44.2 Å². The fraction of sp³-hybridized carbons (Fsp3) is 0.167. The maximum Gasteiger partial charge on any atom is 0.255 e. The van der Waals surface area contributed by atoms with E-state index < -0.39 is 0 Å². The highest BCUT2D eigenvalue weighted by atomic mass is 16.5. The van der Waals surface area contributed by atoms with Crippen LogP contribution in [0.15, 0.2) is 52.9 Å². The zero-order chi connectivity index (χ0) is 21.4. The molecule has 0 fully saturated rings. The first-order valence-corrected chi connectivity index (χ1v) is 9.59. The van der Waals surface area contributed by atoms with Gasteiger partial charge in [0, 0.05) is 16.8 Å². The summed E-state index contributed by atoms with van der Waals surface area (Å²) in [5.74, 6) is 0.791. The first-order valence-electron chi connectivity index (χ1n) is 9.59. The molecule has 6 nitrogen and oxygen atoms in total. The Labute approximate surface area is 174 Å². The van der Waals surface area contributed by atoms with E-state index >= 15 is 0 Å². The van der Waals surface area contributed by atoms with Crippen LogP contribution in [-0.4, -0.2) is 18.0 Å². The predicted molar refractivity (Wildman–Crippen MR) is 119 cm³/mol. The molecular weight excluding hydrogens is 378 g/mol. The highest BCUT2D eigenvalue weighted by Crippen LogP contribution is 2.30. The third-order valence-corrected chi connectivity index (χ3v) is 5.23. The molecule has 4 rings (SSSR count). The number of amides is 1. The molecule has 6 heteroatoms. The number of benzene rings is 3. The van der Waals surface area contributed by atoms with Crippen molar-refractivity contribution in [2.75, 3.05) is 18.2 Å². The normalized spacial score (nSPS) is 10.9. The Morgan fingerprint density at radius 2 is 1.77 bits per heavy atom. The van der Waals surface area contributed by atoms with Crippen LogP contribution < -0.4 is 15.8 Å². The van der Waals surface area contributed by atoms with Crippen LogP contribution in [0.3, 0.4) is 0 Å². The second-order valence-electron chi connectivity index (χ2n) is 7.36. The van der Waals surface area contributed by atoms with Gasteiger partial charge in [-0.05, 0) is 79.9 Å². The molecular formula is C24H23N3O3. The first-order chi connectivity index (χ1) is 14.4. The Balaban J connectivity index is 1.65. The van der Waals surface area contributed by atoms with Gasteiger partial charge in [-0.1, -0.05) is 6.07 Å². The highest BCUT2D eigenvalue weighted by Gasteiger charge is 2.14. The molecule has 30 heavy (non-hydrogen) atoms. The van der Waals surface area contributed by atoms with Crippen LogP contribution in [0.1, 0.15) is 27.0 Å². The van der Waals surface area contributed by atoms with E-state index in [1.54, 1.807) is 18.2 Å². The van der Waals surface area contributed by atoms with Crippen LogP contribution in [0.2, 0.25) is 0 Å². The number of methoxy groups -OCH3 is 1. The molecule has 0 radical (unpaired) electrons. The van der Waals surface area contributed by atoms with E-state index in [-0.39, 0.29) is 5.91 Å². The lowest BCUT2D eigenvalue weighted by molar-refractivity contribution is 0.102. The standard InChI is InChI=1S/C24H23N3O3/c1-13-5-6-17(24-27-20-9-14(2)15(3)10-22(20)30-24)12-19(13)26-23(28)16-7-8-21(29-4)18(25)11-16/h5-12H,25H2,1-4H3,(H,26,28). The number of nitrogen functional groups attached to an aromatic ring is 1. The van der Waals surface area contributed by atoms with Gasteiger partial charge in [0.1, 0.15) is 11.3 Å². The summed E-state index contributed by atoms with van der Waals surface area (Å²) in [5.41, 5.74) is 13.1. The quantitative estimate of drug-likeness (QED) is 0.455. The van der Waals surface area contributed by atoms with Gasteiger partial charge >= 0.3 is 0 Å². The fourth-order valence-corrected chi connectivity index (χ4v) is 3.26. The Kier molecular flexibility index (Phi) is 4.91. The number of nitrogens with one attached hydrogen (secondary N) is 1. The van der Waals surface area contributed by atoms with Gasteiger partial charge in [-0.15, -0.1) is 0 Å². The molecule has 3 N–H and O–H groups in total. The van der Waals surface area contributed by atoms with Crippen molar-refractivity contribution in [3.8, 4) is 17.2 Å². The SMILES string of the molecule is COc1ccc(C(=O)Nc2cc(-c3nc4cc(C)c(C)cc4o3)ccc2C)cc1N. The van der Waals surface area contributed by atoms with Crippen LogP contribution in [0.25, 0.3) is 22.6 Å². The highest BCUT2D eigenvalue weighted by molar-refractivity contribution is 6.05. The summed E-state index contributed by atoms with van der Waals surface area (Å²) in [7, 11) is 1.54. The van der Waals surface area contributed by atoms with Crippen molar-refractivity contribution in [1.29, 1.82) is 0 Å². The smallest absolute Gasteiger partial charge is 0.255 e. The molecule has 0 bridgehead atoms. The van der Waals surface area contributed by atoms with Crippen molar-refractivity contribution in [3.05, 3.63) is 70.8 Å². The van der Waals surface area contributed by atoms with Crippen molar-refractivity contribution in [2.24, 2.45) is 0 Å². The molecule has 1 aromatic heterocycles. The summed E-state index contributed by atoms with van der Waals surface area (Å²) >= 11 is 0. The van der Waals surface area contributed by atoms with Crippen LogP contribution in [0.5, 0.6) is 5.75 Å². The van der Waals surface area contributed by atoms with E-state index in [0.29, 0.717) is 28.6 Å². The molecule has 0 unspecified atom stereocenters. The van der Waals surface area contributed by atoms with Gasteiger partial charge in [-0.3, -0.25) is 4.79 Å². The summed E-state index contributed by atoms with van der Waals surface area (Å²) in [5, 5.41) is 2.95. The number of aromatic nitrogens is 1. The number of oxazole rings is 1. The van der Waals surface area contributed by atoms with Gasteiger partial charge in [0.2, 0.25) is 5.89 Å². The molecule has 0 aliphatic heterocycles. The minimum atomic E-state index is -0.256. The van der Waals surface area contributed by atoms with Crippen LogP contribution in [0.4, 0.5) is 11.4 Å². The third-order valence-electron chi connectivity index (χ3n) is 5.23. The predicted octanol–water partition coefficient (Wildman–Crippen LogP) is 5.26. The van der Waals surface area contributed by atoms with Gasteiger partial charge in [0.05, 0.1) is 12.8 Å². The summed E-state index contributed by atoms with van der Waals surface area (Å²) in [6, 6.07) is 14.7. The number of fused-ring (bicyclic) bond motifs is 1. The second kappa shape index (κ2) is 7.55. The lowest BCUT2D eigenvalue weighted by Crippen LogP contribution is -2.13. The number of hydrogen-bond acceptors (Lipinski definition) is 5. The number of nitrogens with zero attached hydrogens (tertiary/aromatic N) is 1. The van der Waals surface area contributed by atoms with Gasteiger partial charge in [-0.2, -0.15) is 0 Å². The number of hydrogen-bond donors (Lipinski definition) is 2. The second-order valence-corrected chi connectivity index (χ2v) is 7.36. The van der Waals surface area contributed by atoms with Crippen LogP contribution >= 0.6 is 0 Å². The van der Waals surface area contributed by atoms with E-state index in [0.717, 1.165) is 33.4 Å². The number of aryl methyl sites for hydroxylation is 3. The van der Waals surface area contributed by atoms with E-state index in [2.05, 4.69) is 17.2 Å². The first kappa shape index (κ1) is 19.5. The molecule has 3 aromatic carbocycles. The van der Waals surface area contributed by atoms with Gasteiger partial charge in [0.25, 0.3) is 5.91 Å². The fourth-order valence-electron chi connectivity index (χ4n) is 3.26. The van der Waals surface area contributed by atoms with Gasteiger partial charge < -0.3 is 20.2 Å². The Hall–Kier alpha value is -3.80. The molecule has 152 valence electrons. The number of carbonyl (C=O) groups excluding carboxylic acids is 1. The minimum absolute atomic E-state index is 0.256. The van der Waals surface area contributed by atoms with Crippen LogP contribution in [-0.2, 0) is 0 Å². The summed E-state index contributed by atoms with van der Waals surface area (Å²) in [6.07, 6.45) is 0. The largest absolute Gasteiger partial charge is 0.495 e. The number of ether oxygens (including phenoxy) is 1. The molecule has 0 aliphatic carbocycles. The van der Waals surface area contributed by atoms with Gasteiger partial charge in [-0.25, -0.2) is 4.98 Å². The maximum absolute atomic E-state index is 12.7. The van der Waals surface area contributed by atoms with Gasteiger partial charge in [0.15, 0.2) is 5.58 Å². The van der Waals surface area contributed by atoms with E-state index in [1.165, 1.54) is 7.11 Å². The maximum atomic E-state index is 12.7. The zero-order valence-electron chi connectivity index (χ0n) is 17.4. The Morgan fingerprint density at radius 1 is 1.00 bits per heavy atom. The lowest BCUT2D eigenvalue weighted by Gasteiger charge is -2.11. The van der Waals surface area contributed by atoms with E-state index in [4.69, 9.17) is 14.9 Å². The minimum Gasteiger partial charge on any atom is -0.495 e. The summed E-state index contributed by atoms with van der Waals surface area (Å²) < 4.78 is 11.1. The topological polar surface area (TPSA) is 90.4 Å². The van der Waals surface area contributed by atoms with Crippen molar-refractivity contribution < 1.29 is 13.9 Å². The summed E-state index contributed by atoms with van der Waals surface area (Å²) in [4.78, 5) is 17.3. The summed E-state index contributed by atoms with van der Waals surface area (Å²) in [6.45, 7) is 6.03. The molecule has 0 saturated heterocycles. The molecule has 1 amide bonds. The van der Waals surface area contributed by atoms with Crippen molar-refractivity contribution in [1.82, 2.24) is 4.98 Å². The van der Waals surface area contributed by atoms with Crippen molar-refractivity contribution >= 4 is 28.4 Å². The molecule has 0 atom stereocenters. The van der Waals surface area contributed by atoms with Crippen molar-refractivity contribution in [3.63, 3.8) is 0 Å². The van der Waals surface area contributed by atoms with Crippen LogP contribution in [0, 0.1) is 20.8 Å². The van der Waals surface area contributed by atoms with E-state index in [9.17, 15) is 4.79 Å². The average molecular weight is 401 g/mol. The number of anilines is 2. The zero-order valence-corrected chi connectivity index (χ0v) is 17.4. The Morgan fingerprint density at radius 3 is 2.50 bits per heavy atom. The Bertz CT molecular complexity index is 1240. The molecule has 0 saturated carbocycles.